The number of carbonyl (C=O) groups is 1. The second-order valence-electron chi connectivity index (χ2n) is 4.54. The number of carbonyl (C=O) groups excluding carboxylic acids is 1. The molecule has 0 radical (unpaired) electrons. The first-order chi connectivity index (χ1) is 8.65. The van der Waals surface area contributed by atoms with Crippen molar-refractivity contribution in [3.63, 3.8) is 0 Å². The molecule has 1 rings (SSSR count). The zero-order valence-corrected chi connectivity index (χ0v) is 14.2. The highest BCUT2D eigenvalue weighted by molar-refractivity contribution is 14.0. The van der Waals surface area contributed by atoms with Crippen LogP contribution in [0, 0.1) is 0 Å². The van der Waals surface area contributed by atoms with Crippen molar-refractivity contribution < 1.29 is 9.53 Å². The lowest BCUT2D eigenvalue weighted by Crippen LogP contribution is -2.44. The predicted molar refractivity (Wildman–Crippen MR) is 87.0 cm³/mol. The smallest absolute Gasteiger partial charge is 0.242 e. The van der Waals surface area contributed by atoms with Crippen LogP contribution in [0.15, 0.2) is 4.99 Å². The first-order valence-electron chi connectivity index (χ1n) is 6.48. The fourth-order valence-corrected chi connectivity index (χ4v) is 1.50. The lowest BCUT2D eigenvalue weighted by Gasteiger charge is -2.16. The summed E-state index contributed by atoms with van der Waals surface area (Å²) in [4.78, 5) is 15.8. The van der Waals surface area contributed by atoms with Crippen LogP contribution in [0.5, 0.6) is 0 Å². The van der Waals surface area contributed by atoms with Gasteiger partial charge in [-0.3, -0.25) is 4.79 Å². The summed E-state index contributed by atoms with van der Waals surface area (Å²) >= 11 is 0. The largest absolute Gasteiger partial charge is 0.383 e. The number of amides is 1. The van der Waals surface area contributed by atoms with Crippen molar-refractivity contribution >= 4 is 35.8 Å². The van der Waals surface area contributed by atoms with E-state index in [4.69, 9.17) is 4.74 Å². The number of nitrogens with one attached hydrogen (secondary N) is 3. The molecule has 1 fully saturated rings. The SMILES string of the molecule is CCNC(=NCC(=O)NC1CC1)NC(C)COC.I. The van der Waals surface area contributed by atoms with E-state index >= 15 is 0 Å². The topological polar surface area (TPSA) is 74.8 Å². The molecular weight excluding hydrogens is 359 g/mol. The minimum atomic E-state index is -0.0194. The van der Waals surface area contributed by atoms with E-state index in [-0.39, 0.29) is 42.5 Å². The molecule has 1 amide bonds. The molecule has 1 saturated carbocycles. The Hall–Kier alpha value is -0.570. The molecule has 1 aliphatic rings. The van der Waals surface area contributed by atoms with E-state index in [0.717, 1.165) is 19.4 Å². The minimum absolute atomic E-state index is 0. The van der Waals surface area contributed by atoms with Crippen LogP contribution in [-0.4, -0.2) is 50.8 Å². The Morgan fingerprint density at radius 3 is 2.68 bits per heavy atom. The molecule has 0 aromatic rings. The van der Waals surface area contributed by atoms with E-state index < -0.39 is 0 Å². The standard InChI is InChI=1S/C12H24N4O2.HI/c1-4-13-12(15-9(2)8-18-3)14-7-11(17)16-10-5-6-10;/h9-10H,4-8H2,1-3H3,(H,16,17)(H2,13,14,15);1H. The van der Waals surface area contributed by atoms with Crippen LogP contribution in [0.4, 0.5) is 0 Å². The Labute approximate surface area is 132 Å². The van der Waals surface area contributed by atoms with Crippen LogP contribution in [0.25, 0.3) is 0 Å². The van der Waals surface area contributed by atoms with Crippen LogP contribution >= 0.6 is 24.0 Å². The van der Waals surface area contributed by atoms with E-state index in [1.165, 1.54) is 0 Å². The first kappa shape index (κ1) is 18.4. The minimum Gasteiger partial charge on any atom is -0.383 e. The summed E-state index contributed by atoms with van der Waals surface area (Å²) in [6, 6.07) is 0.537. The van der Waals surface area contributed by atoms with Gasteiger partial charge in [-0.15, -0.1) is 24.0 Å². The summed E-state index contributed by atoms with van der Waals surface area (Å²) in [5.74, 6) is 0.627. The lowest BCUT2D eigenvalue weighted by molar-refractivity contribution is -0.119. The van der Waals surface area contributed by atoms with Crippen LogP contribution < -0.4 is 16.0 Å². The molecule has 0 bridgehead atoms. The maximum atomic E-state index is 11.5. The molecule has 19 heavy (non-hydrogen) atoms. The van der Waals surface area contributed by atoms with Gasteiger partial charge in [0.2, 0.25) is 5.91 Å². The molecule has 0 heterocycles. The summed E-state index contributed by atoms with van der Waals surface area (Å²) in [5, 5.41) is 9.18. The Kier molecular flexibility index (Phi) is 9.94. The van der Waals surface area contributed by atoms with Gasteiger partial charge in [-0.2, -0.15) is 0 Å². The lowest BCUT2D eigenvalue weighted by atomic mass is 10.4. The molecule has 112 valence electrons. The summed E-state index contributed by atoms with van der Waals surface area (Å²) in [5.41, 5.74) is 0. The zero-order valence-electron chi connectivity index (χ0n) is 11.9. The van der Waals surface area contributed by atoms with Crippen molar-refractivity contribution in [2.45, 2.75) is 38.8 Å². The molecule has 3 N–H and O–H groups in total. The van der Waals surface area contributed by atoms with Crippen molar-refractivity contribution in [3.8, 4) is 0 Å². The molecule has 0 aromatic carbocycles. The molecule has 0 spiro atoms. The van der Waals surface area contributed by atoms with Crippen LogP contribution in [0.1, 0.15) is 26.7 Å². The first-order valence-corrected chi connectivity index (χ1v) is 6.48. The summed E-state index contributed by atoms with van der Waals surface area (Å²) in [7, 11) is 1.66. The van der Waals surface area contributed by atoms with Crippen LogP contribution in [-0.2, 0) is 9.53 Å². The predicted octanol–water partition coefficient (Wildman–Crippen LogP) is 0.473. The molecular formula is C12H25IN4O2. The van der Waals surface area contributed by atoms with E-state index in [0.29, 0.717) is 18.6 Å². The highest BCUT2D eigenvalue weighted by Gasteiger charge is 2.22. The molecule has 6 nitrogen and oxygen atoms in total. The van der Waals surface area contributed by atoms with Gasteiger partial charge in [0, 0.05) is 25.7 Å². The van der Waals surface area contributed by atoms with Crippen LogP contribution in [0.2, 0.25) is 0 Å². The quantitative estimate of drug-likeness (QED) is 0.339. The van der Waals surface area contributed by atoms with Crippen LogP contribution in [0.3, 0.4) is 0 Å². The monoisotopic (exact) mass is 384 g/mol. The average molecular weight is 384 g/mol. The van der Waals surface area contributed by atoms with Crippen molar-refractivity contribution in [1.29, 1.82) is 0 Å². The third-order valence-electron chi connectivity index (χ3n) is 2.47. The number of guanidine groups is 1. The Morgan fingerprint density at radius 1 is 1.47 bits per heavy atom. The Bertz CT molecular complexity index is 295. The third-order valence-corrected chi connectivity index (χ3v) is 2.47. The summed E-state index contributed by atoms with van der Waals surface area (Å²) in [6.45, 7) is 5.50. The molecule has 0 aromatic heterocycles. The third kappa shape index (κ3) is 9.04. The average Bonchev–Trinajstić information content (AvgIpc) is 3.10. The van der Waals surface area contributed by atoms with Gasteiger partial charge >= 0.3 is 0 Å². The second-order valence-corrected chi connectivity index (χ2v) is 4.54. The van der Waals surface area contributed by atoms with Gasteiger partial charge in [0.05, 0.1) is 6.61 Å². The highest BCUT2D eigenvalue weighted by Crippen LogP contribution is 2.18. The van der Waals surface area contributed by atoms with Crippen molar-refractivity contribution in [3.05, 3.63) is 0 Å². The van der Waals surface area contributed by atoms with Gasteiger partial charge in [0.1, 0.15) is 6.54 Å². The number of ether oxygens (including phenoxy) is 1. The molecule has 0 aliphatic heterocycles. The highest BCUT2D eigenvalue weighted by atomic mass is 127. The molecule has 1 unspecified atom stereocenters. The normalized spacial score (nSPS) is 16.3. The Morgan fingerprint density at radius 2 is 2.16 bits per heavy atom. The van der Waals surface area contributed by atoms with Gasteiger partial charge < -0.3 is 20.7 Å². The number of hydrogen-bond donors (Lipinski definition) is 3. The summed E-state index contributed by atoms with van der Waals surface area (Å²) < 4.78 is 5.04. The number of halogens is 1. The fraction of sp³-hybridized carbons (Fsp3) is 0.833. The van der Waals surface area contributed by atoms with E-state index in [1.54, 1.807) is 7.11 Å². The number of aliphatic imine (C=N–C) groups is 1. The van der Waals surface area contributed by atoms with Crippen molar-refractivity contribution in [2.24, 2.45) is 4.99 Å². The van der Waals surface area contributed by atoms with Gasteiger partial charge in [-0.05, 0) is 26.7 Å². The number of nitrogens with zero attached hydrogens (tertiary/aromatic N) is 1. The molecule has 0 saturated heterocycles. The second kappa shape index (κ2) is 10.2. The molecule has 7 heteroatoms. The van der Waals surface area contributed by atoms with E-state index in [9.17, 15) is 4.79 Å². The zero-order chi connectivity index (χ0) is 13.4. The van der Waals surface area contributed by atoms with Crippen molar-refractivity contribution in [2.75, 3.05) is 26.8 Å². The maximum Gasteiger partial charge on any atom is 0.242 e. The fourth-order valence-electron chi connectivity index (χ4n) is 1.50. The van der Waals surface area contributed by atoms with E-state index in [1.807, 2.05) is 13.8 Å². The van der Waals surface area contributed by atoms with Gasteiger partial charge in [-0.1, -0.05) is 0 Å². The van der Waals surface area contributed by atoms with Crippen molar-refractivity contribution in [1.82, 2.24) is 16.0 Å². The summed E-state index contributed by atoms with van der Waals surface area (Å²) in [6.07, 6.45) is 2.19. The van der Waals surface area contributed by atoms with Gasteiger partial charge in [0.25, 0.3) is 0 Å². The maximum absolute atomic E-state index is 11.5. The molecule has 1 aliphatic carbocycles. The molecule has 1 atom stereocenters. The number of hydrogen-bond acceptors (Lipinski definition) is 3. The van der Waals surface area contributed by atoms with Gasteiger partial charge in [-0.25, -0.2) is 4.99 Å². The van der Waals surface area contributed by atoms with E-state index in [2.05, 4.69) is 20.9 Å². The number of rotatable bonds is 7. The van der Waals surface area contributed by atoms with Gasteiger partial charge in [0.15, 0.2) is 5.96 Å². The number of methoxy groups -OCH3 is 1. The Balaban J connectivity index is 0.00000324.